The number of aryl methyl sites for hydroxylation is 2. The number of ether oxygens (including phenoxy) is 1. The number of hydrogen-bond donors (Lipinski definition) is 4. The van der Waals surface area contributed by atoms with Gasteiger partial charge < -0.3 is 25.6 Å². The summed E-state index contributed by atoms with van der Waals surface area (Å²) in [6.45, 7) is 9.36. The Hall–Kier alpha value is -2.12. The van der Waals surface area contributed by atoms with E-state index < -0.39 is 5.54 Å². The van der Waals surface area contributed by atoms with Gasteiger partial charge in [-0.15, -0.1) is 0 Å². The van der Waals surface area contributed by atoms with Crippen LogP contribution in [-0.4, -0.2) is 56.9 Å². The van der Waals surface area contributed by atoms with Crippen LogP contribution in [0.5, 0.6) is 0 Å². The first-order chi connectivity index (χ1) is 14.5. The Labute approximate surface area is 179 Å². The molecule has 30 heavy (non-hydrogen) atoms. The first kappa shape index (κ1) is 22.6. The zero-order valence-electron chi connectivity index (χ0n) is 18.4. The van der Waals surface area contributed by atoms with Crippen LogP contribution in [0.2, 0.25) is 0 Å². The Morgan fingerprint density at radius 3 is 2.40 bits per heavy atom. The largest absolute Gasteiger partial charge is 0.370 e. The molecule has 2 aliphatic rings. The van der Waals surface area contributed by atoms with Crippen molar-refractivity contribution in [3.8, 4) is 0 Å². The molecular weight excluding hydrogens is 380 g/mol. The molecule has 0 aromatic heterocycles. The number of anilines is 1. The molecule has 0 unspecified atom stereocenters. The van der Waals surface area contributed by atoms with Gasteiger partial charge in [0.2, 0.25) is 5.91 Å². The smallest absolute Gasteiger partial charge is 0.320 e. The average Bonchev–Trinajstić information content (AvgIpc) is 2.75. The molecule has 3 amide bonds. The highest BCUT2D eigenvalue weighted by Gasteiger charge is 2.40. The zero-order chi connectivity index (χ0) is 21.4. The fraction of sp³-hybridized carbons (Fsp3) is 0.652. The Morgan fingerprint density at radius 1 is 1.07 bits per heavy atom. The van der Waals surface area contributed by atoms with Crippen molar-refractivity contribution >= 4 is 17.6 Å². The van der Waals surface area contributed by atoms with E-state index in [1.807, 2.05) is 32.0 Å². The molecule has 2 fully saturated rings. The van der Waals surface area contributed by atoms with Crippen LogP contribution in [0.1, 0.15) is 49.7 Å². The van der Waals surface area contributed by atoms with Gasteiger partial charge in [0.05, 0.1) is 19.8 Å². The lowest BCUT2D eigenvalue weighted by Gasteiger charge is -2.36. The number of para-hydroxylation sites is 1. The molecule has 4 N–H and O–H groups in total. The molecule has 1 aromatic carbocycles. The standard InChI is InChI=1S/C23H36N4O3/c1-18-8-6-9-19(2)20(18)25-22(29)26-23(10-4-3-5-11-23)21(28)24-12-7-13-27-14-16-30-17-15-27/h6,8-9H,3-5,7,10-17H2,1-2H3,(H,24,28)(H2,25,26,29)/p+1. The van der Waals surface area contributed by atoms with Crippen molar-refractivity contribution in [2.75, 3.05) is 44.7 Å². The molecule has 1 saturated heterocycles. The molecule has 7 heteroatoms. The molecule has 3 rings (SSSR count). The minimum Gasteiger partial charge on any atom is -0.370 e. The molecule has 1 aliphatic heterocycles. The second-order valence-electron chi connectivity index (χ2n) is 8.71. The van der Waals surface area contributed by atoms with Gasteiger partial charge in [-0.25, -0.2) is 4.79 Å². The number of amides is 3. The monoisotopic (exact) mass is 417 g/mol. The predicted molar refractivity (Wildman–Crippen MR) is 118 cm³/mol. The molecule has 0 bridgehead atoms. The molecule has 0 radical (unpaired) electrons. The lowest BCUT2D eigenvalue weighted by atomic mass is 9.81. The molecule has 166 valence electrons. The topological polar surface area (TPSA) is 83.9 Å². The maximum Gasteiger partial charge on any atom is 0.320 e. The highest BCUT2D eigenvalue weighted by Crippen LogP contribution is 2.29. The summed E-state index contributed by atoms with van der Waals surface area (Å²) in [4.78, 5) is 27.5. The summed E-state index contributed by atoms with van der Waals surface area (Å²) in [5, 5.41) is 9.11. The van der Waals surface area contributed by atoms with Crippen molar-refractivity contribution in [1.82, 2.24) is 10.6 Å². The number of benzene rings is 1. The summed E-state index contributed by atoms with van der Waals surface area (Å²) in [7, 11) is 0. The van der Waals surface area contributed by atoms with E-state index in [1.165, 1.54) is 4.90 Å². The van der Waals surface area contributed by atoms with Crippen LogP contribution in [0.4, 0.5) is 10.5 Å². The first-order valence-corrected chi connectivity index (χ1v) is 11.4. The number of quaternary nitrogens is 1. The van der Waals surface area contributed by atoms with Gasteiger partial charge in [0.15, 0.2) is 0 Å². The number of carbonyl (C=O) groups excluding carboxylic acids is 2. The van der Waals surface area contributed by atoms with Crippen LogP contribution >= 0.6 is 0 Å². The molecule has 7 nitrogen and oxygen atoms in total. The van der Waals surface area contributed by atoms with Crippen molar-refractivity contribution in [1.29, 1.82) is 0 Å². The minimum absolute atomic E-state index is 0.0455. The summed E-state index contributed by atoms with van der Waals surface area (Å²) in [6.07, 6.45) is 5.33. The quantitative estimate of drug-likeness (QED) is 0.508. The Bertz CT molecular complexity index is 705. The van der Waals surface area contributed by atoms with Crippen molar-refractivity contribution in [2.24, 2.45) is 0 Å². The van der Waals surface area contributed by atoms with E-state index in [1.54, 1.807) is 0 Å². The third kappa shape index (κ3) is 5.95. The van der Waals surface area contributed by atoms with E-state index in [9.17, 15) is 9.59 Å². The van der Waals surface area contributed by atoms with Crippen LogP contribution in [0.25, 0.3) is 0 Å². The normalized spacial score (nSPS) is 19.1. The summed E-state index contributed by atoms with van der Waals surface area (Å²) in [5.74, 6) is -0.0455. The van der Waals surface area contributed by atoms with Gasteiger partial charge in [-0.3, -0.25) is 4.79 Å². The van der Waals surface area contributed by atoms with E-state index in [0.29, 0.717) is 19.4 Å². The van der Waals surface area contributed by atoms with Crippen molar-refractivity contribution in [2.45, 2.75) is 57.9 Å². The van der Waals surface area contributed by atoms with E-state index >= 15 is 0 Å². The predicted octanol–water partition coefficient (Wildman–Crippen LogP) is 1.55. The van der Waals surface area contributed by atoms with E-state index in [-0.39, 0.29) is 11.9 Å². The second-order valence-corrected chi connectivity index (χ2v) is 8.71. The molecule has 1 heterocycles. The number of nitrogens with one attached hydrogen (secondary N) is 4. The van der Waals surface area contributed by atoms with Crippen LogP contribution in [-0.2, 0) is 9.53 Å². The number of carbonyl (C=O) groups is 2. The van der Waals surface area contributed by atoms with Crippen LogP contribution in [0.3, 0.4) is 0 Å². The van der Waals surface area contributed by atoms with Crippen molar-refractivity contribution in [3.05, 3.63) is 29.3 Å². The van der Waals surface area contributed by atoms with Gasteiger partial charge >= 0.3 is 6.03 Å². The number of urea groups is 1. The fourth-order valence-corrected chi connectivity index (χ4v) is 4.56. The Morgan fingerprint density at radius 2 is 1.73 bits per heavy atom. The van der Waals surface area contributed by atoms with Gasteiger partial charge in [-0.05, 0) is 37.8 Å². The zero-order valence-corrected chi connectivity index (χ0v) is 18.4. The van der Waals surface area contributed by atoms with E-state index in [0.717, 1.165) is 75.3 Å². The highest BCUT2D eigenvalue weighted by atomic mass is 16.5. The maximum atomic E-state index is 13.1. The van der Waals surface area contributed by atoms with Crippen molar-refractivity contribution < 1.29 is 19.2 Å². The third-order valence-electron chi connectivity index (χ3n) is 6.41. The van der Waals surface area contributed by atoms with Gasteiger partial charge in [0, 0.05) is 18.7 Å². The lowest BCUT2D eigenvalue weighted by molar-refractivity contribution is -0.908. The molecule has 1 aliphatic carbocycles. The van der Waals surface area contributed by atoms with Gasteiger partial charge in [0.1, 0.15) is 18.6 Å². The summed E-state index contributed by atoms with van der Waals surface area (Å²) in [5.41, 5.74) is 2.02. The van der Waals surface area contributed by atoms with Crippen LogP contribution in [0.15, 0.2) is 18.2 Å². The second kappa shape index (κ2) is 10.8. The third-order valence-corrected chi connectivity index (χ3v) is 6.41. The van der Waals surface area contributed by atoms with E-state index in [2.05, 4.69) is 16.0 Å². The number of rotatable bonds is 7. The van der Waals surface area contributed by atoms with Crippen LogP contribution < -0.4 is 20.9 Å². The summed E-state index contributed by atoms with van der Waals surface area (Å²) >= 11 is 0. The van der Waals surface area contributed by atoms with E-state index in [4.69, 9.17) is 4.74 Å². The molecular formula is C23H37N4O3+. The Balaban J connectivity index is 1.55. The Kier molecular flexibility index (Phi) is 8.10. The molecule has 1 saturated carbocycles. The molecule has 1 aromatic rings. The van der Waals surface area contributed by atoms with Gasteiger partial charge in [-0.1, -0.05) is 37.5 Å². The first-order valence-electron chi connectivity index (χ1n) is 11.4. The fourth-order valence-electron chi connectivity index (χ4n) is 4.56. The molecule has 0 atom stereocenters. The van der Waals surface area contributed by atoms with Gasteiger partial charge in [-0.2, -0.15) is 0 Å². The number of morpholine rings is 1. The average molecular weight is 418 g/mol. The number of hydrogen-bond acceptors (Lipinski definition) is 3. The van der Waals surface area contributed by atoms with Crippen LogP contribution in [0, 0.1) is 13.8 Å². The lowest BCUT2D eigenvalue weighted by Crippen LogP contribution is -3.14. The molecule has 0 spiro atoms. The SMILES string of the molecule is Cc1cccc(C)c1NC(=O)NC1(C(=O)NCCC[NH+]2CCOCC2)CCCCC1. The summed E-state index contributed by atoms with van der Waals surface area (Å²) in [6, 6.07) is 5.62. The minimum atomic E-state index is -0.815. The van der Waals surface area contributed by atoms with Gasteiger partial charge in [0.25, 0.3) is 0 Å². The maximum absolute atomic E-state index is 13.1. The summed E-state index contributed by atoms with van der Waals surface area (Å²) < 4.78 is 5.39. The van der Waals surface area contributed by atoms with Crippen molar-refractivity contribution in [3.63, 3.8) is 0 Å². The highest BCUT2D eigenvalue weighted by molar-refractivity contribution is 5.96.